The molecule has 0 spiro atoms. The average Bonchev–Trinajstić information content (AvgIpc) is 3.58. The number of hydrogen-bond acceptors (Lipinski definition) is 8. The van der Waals surface area contributed by atoms with Crippen molar-refractivity contribution in [2.45, 2.75) is 89.8 Å². The number of nitriles is 1. The third-order valence-corrected chi connectivity index (χ3v) is 12.0. The number of likely N-dealkylation sites (tertiary alicyclic amines) is 1. The van der Waals surface area contributed by atoms with Crippen LogP contribution in [-0.4, -0.2) is 62.2 Å². The number of anilines is 1. The largest absolute Gasteiger partial charge is 0.393 e. The van der Waals surface area contributed by atoms with E-state index >= 15 is 0 Å². The molecule has 8 rings (SSSR count). The van der Waals surface area contributed by atoms with E-state index in [2.05, 4.69) is 62.1 Å². The van der Waals surface area contributed by atoms with Crippen LogP contribution in [0.4, 0.5) is 19.0 Å². The van der Waals surface area contributed by atoms with Crippen LogP contribution < -0.4 is 16.4 Å². The van der Waals surface area contributed by atoms with Crippen LogP contribution in [0.5, 0.6) is 0 Å². The molecule has 0 radical (unpaired) electrons. The number of aryl methyl sites for hydroxylation is 1. The van der Waals surface area contributed by atoms with Gasteiger partial charge in [0.05, 0.1) is 17.8 Å². The van der Waals surface area contributed by atoms with E-state index in [0.29, 0.717) is 27.6 Å². The van der Waals surface area contributed by atoms with Gasteiger partial charge in [0.2, 0.25) is 5.91 Å². The Morgan fingerprint density at radius 3 is 2.62 bits per heavy atom. The van der Waals surface area contributed by atoms with Gasteiger partial charge in [-0.25, -0.2) is 9.97 Å². The third-order valence-electron chi connectivity index (χ3n) is 11.0. The molecule has 4 fully saturated rings. The van der Waals surface area contributed by atoms with Crippen molar-refractivity contribution in [2.24, 2.45) is 17.1 Å². The maximum absolute atomic E-state index is 12.9. The van der Waals surface area contributed by atoms with E-state index in [9.17, 15) is 23.2 Å². The Morgan fingerprint density at radius 1 is 1.21 bits per heavy atom. The second kappa shape index (κ2) is 11.5. The standard InChI is InChI=1S/C34H39F3N8OS/c1-19-22(14-44-8-6-23(7-9-44)42-29-27-11-25(12-34(35,36)37)47-31(27)41-18-40-29)4-5-28-26(19)10-24(13-38)45(28)17-32-15-33(16-32,21(32)3)43-30(46)20(2)39/h4-5,10-11,18,20-21,23H,6-9,12,14-17,39H2,1-3H3,(H,43,46)(H,40,41,42)/t20?,21-,32?,33?/m0/s1. The topological polar surface area (TPSA) is 125 Å². The number of nitrogens with zero attached hydrogens (tertiary/aromatic N) is 5. The van der Waals surface area contributed by atoms with Crippen LogP contribution >= 0.6 is 11.3 Å². The summed E-state index contributed by atoms with van der Waals surface area (Å²) in [6.07, 6.45) is -0.242. The van der Waals surface area contributed by atoms with Gasteiger partial charge in [-0.1, -0.05) is 13.0 Å². The Labute approximate surface area is 275 Å². The number of benzene rings is 1. The summed E-state index contributed by atoms with van der Waals surface area (Å²) in [6, 6.07) is 9.96. The van der Waals surface area contributed by atoms with Crippen molar-refractivity contribution >= 4 is 44.2 Å². The Morgan fingerprint density at radius 2 is 1.96 bits per heavy atom. The lowest BCUT2D eigenvalue weighted by molar-refractivity contribution is -0.228. The van der Waals surface area contributed by atoms with Gasteiger partial charge in [0.15, 0.2) is 0 Å². The smallest absolute Gasteiger partial charge is 0.367 e. The summed E-state index contributed by atoms with van der Waals surface area (Å²) in [4.78, 5) is 24.0. The molecule has 3 saturated carbocycles. The quantitative estimate of drug-likeness (QED) is 0.212. The van der Waals surface area contributed by atoms with Gasteiger partial charge in [0.25, 0.3) is 0 Å². The van der Waals surface area contributed by atoms with Crippen molar-refractivity contribution in [1.29, 1.82) is 5.26 Å². The minimum absolute atomic E-state index is 0.0694. The molecule has 4 aromatic rings. The highest BCUT2D eigenvalue weighted by molar-refractivity contribution is 7.18. The van der Waals surface area contributed by atoms with Crippen LogP contribution in [0.25, 0.3) is 21.1 Å². The lowest BCUT2D eigenvalue weighted by Crippen LogP contribution is -2.82. The van der Waals surface area contributed by atoms with E-state index < -0.39 is 18.6 Å². The molecule has 4 N–H and O–H groups in total. The minimum atomic E-state index is -4.26. The summed E-state index contributed by atoms with van der Waals surface area (Å²) in [5, 5.41) is 18.5. The van der Waals surface area contributed by atoms with Crippen molar-refractivity contribution in [1.82, 2.24) is 24.8 Å². The molecular weight excluding hydrogens is 625 g/mol. The summed E-state index contributed by atoms with van der Waals surface area (Å²) in [5.74, 6) is 0.803. The molecule has 47 heavy (non-hydrogen) atoms. The number of carbonyl (C=O) groups excluding carboxylic acids is 1. The highest BCUT2D eigenvalue weighted by atomic mass is 32.1. The highest BCUT2D eigenvalue weighted by Gasteiger charge is 2.74. The maximum atomic E-state index is 12.9. The lowest BCUT2D eigenvalue weighted by atomic mass is 9.33. The number of halogens is 3. The van der Waals surface area contributed by atoms with Crippen molar-refractivity contribution in [3.63, 3.8) is 0 Å². The SMILES string of the molecule is Cc1c(CN2CCC(Nc3ncnc4sc(CC(F)(F)F)cc34)CC2)ccc2c1cc(C#N)n2CC12CC(NC(=O)C(C)N)(C1)[C@H]2C. The number of fused-ring (bicyclic) bond motifs is 2. The normalized spacial score (nSPS) is 25.3. The minimum Gasteiger partial charge on any atom is -0.367 e. The maximum Gasteiger partial charge on any atom is 0.393 e. The fourth-order valence-corrected chi connectivity index (χ4v) is 9.22. The number of rotatable bonds is 9. The average molecular weight is 665 g/mol. The van der Waals surface area contributed by atoms with Gasteiger partial charge in [-0.2, -0.15) is 18.4 Å². The molecule has 1 aliphatic heterocycles. The first-order valence-electron chi connectivity index (χ1n) is 16.2. The summed E-state index contributed by atoms with van der Waals surface area (Å²) in [6.45, 7) is 9.33. The summed E-state index contributed by atoms with van der Waals surface area (Å²) in [5.41, 5.74) is 9.83. The molecule has 13 heteroatoms. The second-order valence-electron chi connectivity index (χ2n) is 14.0. The van der Waals surface area contributed by atoms with Gasteiger partial charge < -0.3 is 20.9 Å². The van der Waals surface area contributed by atoms with Crippen molar-refractivity contribution < 1.29 is 18.0 Å². The zero-order valence-corrected chi connectivity index (χ0v) is 27.6. The molecule has 2 bridgehead atoms. The van der Waals surface area contributed by atoms with Gasteiger partial charge in [-0.3, -0.25) is 9.69 Å². The molecule has 1 saturated heterocycles. The Bertz CT molecular complexity index is 1890. The van der Waals surface area contributed by atoms with E-state index in [0.717, 1.165) is 74.1 Å². The molecule has 9 nitrogen and oxygen atoms in total. The number of piperidine rings is 1. The van der Waals surface area contributed by atoms with Gasteiger partial charge in [0, 0.05) is 53.5 Å². The molecule has 4 heterocycles. The second-order valence-corrected chi connectivity index (χ2v) is 15.1. The highest BCUT2D eigenvalue weighted by Crippen LogP contribution is 2.72. The number of hydrogen-bond donors (Lipinski definition) is 3. The molecule has 4 aliphatic rings. The number of carbonyl (C=O) groups is 1. The third kappa shape index (κ3) is 5.64. The fraction of sp³-hybridized carbons (Fsp3) is 0.529. The Kier molecular flexibility index (Phi) is 7.76. The van der Waals surface area contributed by atoms with Crippen LogP contribution in [0, 0.1) is 29.6 Å². The molecule has 248 valence electrons. The van der Waals surface area contributed by atoms with E-state index in [-0.39, 0.29) is 27.8 Å². The number of nitrogens with two attached hydrogens (primary N) is 1. The molecule has 2 atom stereocenters. The summed E-state index contributed by atoms with van der Waals surface area (Å²) < 4.78 is 41.0. The number of thiophene rings is 1. The van der Waals surface area contributed by atoms with Crippen LogP contribution in [0.15, 0.2) is 30.6 Å². The van der Waals surface area contributed by atoms with Crippen LogP contribution in [-0.2, 0) is 24.3 Å². The molecule has 3 aromatic heterocycles. The molecular formula is C34H39F3N8OS. The zero-order chi connectivity index (χ0) is 33.3. The van der Waals surface area contributed by atoms with Crippen molar-refractivity contribution in [3.05, 3.63) is 52.3 Å². The van der Waals surface area contributed by atoms with Crippen LogP contribution in [0.1, 0.15) is 61.2 Å². The first-order valence-corrected chi connectivity index (χ1v) is 17.0. The Balaban J connectivity index is 0.996. The summed E-state index contributed by atoms with van der Waals surface area (Å²) in [7, 11) is 0. The van der Waals surface area contributed by atoms with Gasteiger partial charge in [-0.15, -0.1) is 11.3 Å². The van der Waals surface area contributed by atoms with Crippen molar-refractivity contribution in [2.75, 3.05) is 18.4 Å². The first-order chi connectivity index (χ1) is 22.3. The number of alkyl halides is 3. The number of amides is 1. The molecule has 1 unspecified atom stereocenters. The lowest BCUT2D eigenvalue weighted by Gasteiger charge is -2.76. The molecule has 3 aliphatic carbocycles. The van der Waals surface area contributed by atoms with Crippen molar-refractivity contribution in [3.8, 4) is 6.07 Å². The molecule has 1 aromatic carbocycles. The number of aromatic nitrogens is 3. The predicted molar refractivity (Wildman–Crippen MR) is 176 cm³/mol. The fourth-order valence-electron chi connectivity index (χ4n) is 8.19. The van der Waals surface area contributed by atoms with E-state index in [1.54, 1.807) is 13.0 Å². The first kappa shape index (κ1) is 31.8. The van der Waals surface area contributed by atoms with E-state index in [4.69, 9.17) is 5.73 Å². The zero-order valence-electron chi connectivity index (χ0n) is 26.7. The van der Waals surface area contributed by atoms with Crippen LogP contribution in [0.2, 0.25) is 0 Å². The van der Waals surface area contributed by atoms with Gasteiger partial charge >= 0.3 is 6.18 Å². The van der Waals surface area contributed by atoms with E-state index in [1.807, 2.05) is 6.07 Å². The molecule has 1 amide bonds. The van der Waals surface area contributed by atoms with Gasteiger partial charge in [-0.05, 0) is 80.2 Å². The predicted octanol–water partition coefficient (Wildman–Crippen LogP) is 5.64. The van der Waals surface area contributed by atoms with E-state index in [1.165, 1.54) is 17.5 Å². The number of nitrogens with one attached hydrogen (secondary N) is 2. The van der Waals surface area contributed by atoms with Crippen LogP contribution in [0.3, 0.4) is 0 Å². The Hall–Kier alpha value is -3.73. The van der Waals surface area contributed by atoms with Gasteiger partial charge in [0.1, 0.15) is 28.7 Å². The summed E-state index contributed by atoms with van der Waals surface area (Å²) >= 11 is 1.06. The monoisotopic (exact) mass is 664 g/mol.